The summed E-state index contributed by atoms with van der Waals surface area (Å²) in [6.45, 7) is 4.98. The monoisotopic (exact) mass is 571 g/mol. The Morgan fingerprint density at radius 2 is 1.51 bits per heavy atom. The van der Waals surface area contributed by atoms with E-state index in [1.54, 1.807) is 55.5 Å². The third kappa shape index (κ3) is 8.46. The fourth-order valence-electron chi connectivity index (χ4n) is 3.78. The van der Waals surface area contributed by atoms with Gasteiger partial charge in [-0.15, -0.1) is 0 Å². The molecule has 0 unspecified atom stereocenters. The van der Waals surface area contributed by atoms with Crippen molar-refractivity contribution in [2.45, 2.75) is 45.8 Å². The van der Waals surface area contributed by atoms with Crippen LogP contribution in [-0.4, -0.2) is 50.0 Å². The van der Waals surface area contributed by atoms with E-state index in [1.165, 1.54) is 4.90 Å². The summed E-state index contributed by atoms with van der Waals surface area (Å²) in [6, 6.07) is 21.7. The molecule has 0 heterocycles. The average molecular weight is 572 g/mol. The third-order valence-electron chi connectivity index (χ3n) is 6.25. The highest BCUT2D eigenvalue weighted by Gasteiger charge is 2.30. The molecule has 3 aromatic carbocycles. The van der Waals surface area contributed by atoms with Crippen LogP contribution in [0.25, 0.3) is 0 Å². The molecule has 3 aromatic rings. The van der Waals surface area contributed by atoms with Crippen LogP contribution in [-0.2, 0) is 26.2 Å². The second-order valence-corrected chi connectivity index (χ2v) is 11.6. The van der Waals surface area contributed by atoms with Gasteiger partial charge in [0.1, 0.15) is 24.1 Å². The van der Waals surface area contributed by atoms with E-state index in [1.807, 2.05) is 44.2 Å². The predicted octanol–water partition coefficient (Wildman–Crippen LogP) is 5.23. The van der Waals surface area contributed by atoms with Gasteiger partial charge in [0.2, 0.25) is 21.8 Å². The summed E-state index contributed by atoms with van der Waals surface area (Å²) in [5.41, 5.74) is 0.935. The first-order chi connectivity index (χ1) is 18.5. The molecule has 0 fully saturated rings. The highest BCUT2D eigenvalue weighted by atomic mass is 35.5. The minimum Gasteiger partial charge on any atom is -0.457 e. The topological polar surface area (TPSA) is 96.0 Å². The standard InChI is InChI=1S/C29H34ClN3O5S/c1-5-21(2)31-29(35)22(3)32(19-23-11-9-10-14-27(23)30)28(34)20-33(39(4,36)37)24-15-17-26(18-16-24)38-25-12-7-6-8-13-25/h6-18,21-22H,5,19-20H2,1-4H3,(H,31,35)/t21-,22-/m1/s1. The first-order valence-corrected chi connectivity index (χ1v) is 14.9. The summed E-state index contributed by atoms with van der Waals surface area (Å²) in [4.78, 5) is 28.0. The number of amides is 2. The van der Waals surface area contributed by atoms with Crippen LogP contribution in [0.1, 0.15) is 32.8 Å². The quantitative estimate of drug-likeness (QED) is 0.321. The molecule has 0 bridgehead atoms. The summed E-state index contributed by atoms with van der Waals surface area (Å²) in [5.74, 6) is 0.274. The third-order valence-corrected chi connectivity index (χ3v) is 7.76. The first-order valence-electron chi connectivity index (χ1n) is 12.6. The van der Waals surface area contributed by atoms with Gasteiger partial charge in [0.05, 0.1) is 11.9 Å². The van der Waals surface area contributed by atoms with Crippen LogP contribution in [0.4, 0.5) is 5.69 Å². The highest BCUT2D eigenvalue weighted by molar-refractivity contribution is 7.92. The Bertz CT molecular complexity index is 1370. The fraction of sp³-hybridized carbons (Fsp3) is 0.310. The Balaban J connectivity index is 1.87. The van der Waals surface area contributed by atoms with Gasteiger partial charge in [-0.3, -0.25) is 13.9 Å². The van der Waals surface area contributed by atoms with Gasteiger partial charge in [-0.25, -0.2) is 8.42 Å². The van der Waals surface area contributed by atoms with Gasteiger partial charge in [-0.05, 0) is 68.3 Å². The summed E-state index contributed by atoms with van der Waals surface area (Å²) in [7, 11) is -3.85. The van der Waals surface area contributed by atoms with Crippen LogP contribution in [0.15, 0.2) is 78.9 Å². The van der Waals surface area contributed by atoms with Gasteiger partial charge >= 0.3 is 0 Å². The molecule has 0 radical (unpaired) electrons. The van der Waals surface area contributed by atoms with E-state index in [0.717, 1.165) is 17.0 Å². The number of benzene rings is 3. The highest BCUT2D eigenvalue weighted by Crippen LogP contribution is 2.26. The zero-order chi connectivity index (χ0) is 28.6. The number of anilines is 1. The second kappa shape index (κ2) is 13.5. The lowest BCUT2D eigenvalue weighted by molar-refractivity contribution is -0.139. The van der Waals surface area contributed by atoms with E-state index in [9.17, 15) is 18.0 Å². The smallest absolute Gasteiger partial charge is 0.244 e. The maximum Gasteiger partial charge on any atom is 0.244 e. The number of carbonyl (C=O) groups is 2. The van der Waals surface area contributed by atoms with Gasteiger partial charge < -0.3 is 15.0 Å². The number of nitrogens with one attached hydrogen (secondary N) is 1. The Hall–Kier alpha value is -3.56. The van der Waals surface area contributed by atoms with E-state index in [2.05, 4.69) is 5.32 Å². The van der Waals surface area contributed by atoms with Crippen LogP contribution >= 0.6 is 11.6 Å². The maximum absolute atomic E-state index is 13.7. The zero-order valence-corrected chi connectivity index (χ0v) is 24.1. The number of halogens is 1. The number of rotatable bonds is 12. The van der Waals surface area contributed by atoms with Crippen molar-refractivity contribution < 1.29 is 22.7 Å². The summed E-state index contributed by atoms with van der Waals surface area (Å²) in [5, 5.41) is 3.34. The minimum absolute atomic E-state index is 0.0368. The van der Waals surface area contributed by atoms with E-state index in [-0.39, 0.29) is 18.5 Å². The molecule has 0 aromatic heterocycles. The Kier molecular flexibility index (Phi) is 10.4. The molecule has 0 aliphatic rings. The first kappa shape index (κ1) is 30.0. The normalized spacial score (nSPS) is 12.7. The molecule has 0 saturated heterocycles. The average Bonchev–Trinajstić information content (AvgIpc) is 2.91. The van der Waals surface area contributed by atoms with Gasteiger partial charge in [0.25, 0.3) is 0 Å². The Labute approximate surface area is 235 Å². The molecule has 208 valence electrons. The molecule has 0 spiro atoms. The van der Waals surface area contributed by atoms with Crippen molar-refractivity contribution in [3.63, 3.8) is 0 Å². The van der Waals surface area contributed by atoms with E-state index < -0.39 is 28.5 Å². The molecule has 10 heteroatoms. The lowest BCUT2D eigenvalue weighted by Crippen LogP contribution is -2.52. The van der Waals surface area contributed by atoms with Crippen LogP contribution in [0.3, 0.4) is 0 Å². The van der Waals surface area contributed by atoms with Crippen molar-refractivity contribution in [2.24, 2.45) is 0 Å². The molecular formula is C29H34ClN3O5S. The number of sulfonamides is 1. The van der Waals surface area contributed by atoms with Gasteiger partial charge in [-0.2, -0.15) is 0 Å². The van der Waals surface area contributed by atoms with Gasteiger partial charge in [0, 0.05) is 17.6 Å². The molecule has 1 N–H and O–H groups in total. The van der Waals surface area contributed by atoms with Crippen molar-refractivity contribution in [1.29, 1.82) is 0 Å². The second-order valence-electron chi connectivity index (χ2n) is 9.29. The van der Waals surface area contributed by atoms with Crippen LogP contribution in [0.2, 0.25) is 5.02 Å². The SMILES string of the molecule is CC[C@@H](C)NC(=O)[C@@H](C)N(Cc1ccccc1Cl)C(=O)CN(c1ccc(Oc2ccccc2)cc1)S(C)(=O)=O. The number of ether oxygens (including phenoxy) is 1. The molecule has 2 atom stereocenters. The number of hydrogen-bond acceptors (Lipinski definition) is 5. The lowest BCUT2D eigenvalue weighted by Gasteiger charge is -2.32. The summed E-state index contributed by atoms with van der Waals surface area (Å²) >= 11 is 6.35. The number of hydrogen-bond donors (Lipinski definition) is 1. The summed E-state index contributed by atoms with van der Waals surface area (Å²) in [6.07, 6.45) is 1.76. The molecule has 0 aliphatic carbocycles. The molecule has 8 nitrogen and oxygen atoms in total. The van der Waals surface area contributed by atoms with Crippen molar-refractivity contribution >= 4 is 39.1 Å². The van der Waals surface area contributed by atoms with Crippen molar-refractivity contribution in [2.75, 3.05) is 17.1 Å². The lowest BCUT2D eigenvalue weighted by atomic mass is 10.1. The molecule has 2 amide bonds. The van der Waals surface area contributed by atoms with E-state index in [4.69, 9.17) is 16.3 Å². The molecule has 39 heavy (non-hydrogen) atoms. The van der Waals surface area contributed by atoms with Crippen molar-refractivity contribution in [1.82, 2.24) is 10.2 Å². The fourth-order valence-corrected chi connectivity index (χ4v) is 4.82. The van der Waals surface area contributed by atoms with E-state index in [0.29, 0.717) is 27.8 Å². The van der Waals surface area contributed by atoms with Crippen LogP contribution < -0.4 is 14.4 Å². The zero-order valence-electron chi connectivity index (χ0n) is 22.5. The molecular weight excluding hydrogens is 538 g/mol. The molecule has 3 rings (SSSR count). The Morgan fingerprint density at radius 1 is 0.923 bits per heavy atom. The Morgan fingerprint density at radius 3 is 2.10 bits per heavy atom. The largest absolute Gasteiger partial charge is 0.457 e. The van der Waals surface area contributed by atoms with Crippen molar-refractivity contribution in [3.8, 4) is 11.5 Å². The van der Waals surface area contributed by atoms with Crippen LogP contribution in [0, 0.1) is 0 Å². The number of nitrogens with zero attached hydrogens (tertiary/aromatic N) is 2. The van der Waals surface area contributed by atoms with Gasteiger partial charge in [-0.1, -0.05) is 54.9 Å². The van der Waals surface area contributed by atoms with Crippen LogP contribution in [0.5, 0.6) is 11.5 Å². The maximum atomic E-state index is 13.7. The molecule has 0 aliphatic heterocycles. The molecule has 0 saturated carbocycles. The van der Waals surface area contributed by atoms with Crippen molar-refractivity contribution in [3.05, 3.63) is 89.4 Å². The number of carbonyl (C=O) groups excluding carboxylic acids is 2. The minimum atomic E-state index is -3.85. The summed E-state index contributed by atoms with van der Waals surface area (Å²) < 4.78 is 32.4. The van der Waals surface area contributed by atoms with Gasteiger partial charge in [0.15, 0.2) is 0 Å². The van der Waals surface area contributed by atoms with E-state index >= 15 is 0 Å². The number of para-hydroxylation sites is 1. The predicted molar refractivity (Wildman–Crippen MR) is 155 cm³/mol.